The molecule has 0 unspecified atom stereocenters. The number of hydrogen-bond donors (Lipinski definition) is 1. The molecule has 2 aliphatic rings. The van der Waals surface area contributed by atoms with Crippen LogP contribution in [0.25, 0.3) is 22.9 Å². The van der Waals surface area contributed by atoms with E-state index in [0.29, 0.717) is 36.1 Å². The third-order valence-corrected chi connectivity index (χ3v) is 5.76. The fourth-order valence-corrected chi connectivity index (χ4v) is 4.04. The summed E-state index contributed by atoms with van der Waals surface area (Å²) in [6.07, 6.45) is 5.84. The number of nitrogens with two attached hydrogens (primary N) is 1. The van der Waals surface area contributed by atoms with Gasteiger partial charge < -0.3 is 24.3 Å². The van der Waals surface area contributed by atoms with Crippen LogP contribution in [-0.4, -0.2) is 46.7 Å². The Kier molecular flexibility index (Phi) is 4.62. The fraction of sp³-hybridized carbons (Fsp3) is 0.364. The second-order valence-electron chi connectivity index (χ2n) is 7.65. The van der Waals surface area contributed by atoms with E-state index in [0.717, 1.165) is 41.1 Å². The summed E-state index contributed by atoms with van der Waals surface area (Å²) in [4.78, 5) is 13.5. The van der Waals surface area contributed by atoms with Crippen LogP contribution in [0.4, 0.5) is 0 Å². The van der Waals surface area contributed by atoms with Crippen molar-refractivity contribution in [2.24, 2.45) is 10.7 Å². The SMILES string of the molecule is CCOC1(c2nc(-c3ncn4c3CC(C=NC)=C(N)c3cc(OC)ccc3-4)no2)CC1. The van der Waals surface area contributed by atoms with Gasteiger partial charge in [0.05, 0.1) is 18.5 Å². The number of imidazole rings is 1. The van der Waals surface area contributed by atoms with E-state index >= 15 is 0 Å². The molecule has 0 amide bonds. The van der Waals surface area contributed by atoms with Gasteiger partial charge in [-0.05, 0) is 43.5 Å². The van der Waals surface area contributed by atoms with Crippen molar-refractivity contribution in [2.75, 3.05) is 20.8 Å². The molecule has 31 heavy (non-hydrogen) atoms. The van der Waals surface area contributed by atoms with Crippen LogP contribution >= 0.6 is 0 Å². The van der Waals surface area contributed by atoms with Gasteiger partial charge in [-0.1, -0.05) is 5.16 Å². The normalized spacial score (nSPS) is 16.9. The Hall–Kier alpha value is -3.46. The Morgan fingerprint density at radius 1 is 1.35 bits per heavy atom. The molecule has 0 bridgehead atoms. The predicted molar refractivity (Wildman–Crippen MR) is 115 cm³/mol. The van der Waals surface area contributed by atoms with Crippen LogP contribution in [0, 0.1) is 0 Å². The summed E-state index contributed by atoms with van der Waals surface area (Å²) in [6, 6.07) is 5.80. The van der Waals surface area contributed by atoms with E-state index in [1.165, 1.54) is 0 Å². The number of aromatic nitrogens is 4. The summed E-state index contributed by atoms with van der Waals surface area (Å²) in [7, 11) is 3.36. The zero-order valence-electron chi connectivity index (χ0n) is 17.8. The molecule has 2 N–H and O–H groups in total. The van der Waals surface area contributed by atoms with Crippen LogP contribution in [0.3, 0.4) is 0 Å². The van der Waals surface area contributed by atoms with E-state index in [4.69, 9.17) is 19.7 Å². The van der Waals surface area contributed by atoms with Crippen molar-refractivity contribution in [3.05, 3.63) is 47.2 Å². The summed E-state index contributed by atoms with van der Waals surface area (Å²) in [5.41, 5.74) is 11.0. The van der Waals surface area contributed by atoms with Gasteiger partial charge in [0.25, 0.3) is 5.89 Å². The van der Waals surface area contributed by atoms with Gasteiger partial charge in [-0.2, -0.15) is 4.98 Å². The molecule has 9 nitrogen and oxygen atoms in total. The van der Waals surface area contributed by atoms with Gasteiger partial charge in [-0.15, -0.1) is 0 Å². The number of allylic oxidation sites excluding steroid dienone is 1. The lowest BCUT2D eigenvalue weighted by Gasteiger charge is -2.12. The maximum Gasteiger partial charge on any atom is 0.259 e. The Morgan fingerprint density at radius 3 is 2.90 bits per heavy atom. The second-order valence-corrected chi connectivity index (χ2v) is 7.65. The van der Waals surface area contributed by atoms with Crippen molar-refractivity contribution in [1.29, 1.82) is 0 Å². The molecule has 5 rings (SSSR count). The Balaban J connectivity index is 1.64. The van der Waals surface area contributed by atoms with E-state index in [9.17, 15) is 0 Å². The molecular formula is C22H24N6O3. The van der Waals surface area contributed by atoms with E-state index < -0.39 is 5.60 Å². The third kappa shape index (κ3) is 3.12. The van der Waals surface area contributed by atoms with Crippen LogP contribution in [0.1, 0.15) is 36.9 Å². The first-order valence-electron chi connectivity index (χ1n) is 10.2. The standard InChI is InChI=1S/C22H24N6O3/c1-4-30-22(7-8-22)21-26-20(27-31-21)19-17-9-13(11-24-2)18(23)15-10-14(29-3)5-6-16(15)28(17)12-25-19/h5-6,10-12H,4,7-9,23H2,1-3H3. The van der Waals surface area contributed by atoms with E-state index in [1.807, 2.05) is 29.7 Å². The van der Waals surface area contributed by atoms with Gasteiger partial charge in [0.2, 0.25) is 5.82 Å². The number of rotatable bonds is 6. The predicted octanol–water partition coefficient (Wildman–Crippen LogP) is 2.88. The van der Waals surface area contributed by atoms with E-state index in [-0.39, 0.29) is 0 Å². The lowest BCUT2D eigenvalue weighted by molar-refractivity contribution is 0.0153. The Labute approximate surface area is 179 Å². The quantitative estimate of drug-likeness (QED) is 0.610. The number of methoxy groups -OCH3 is 1. The number of aliphatic imine (C=N–C) groups is 1. The number of nitrogens with zero attached hydrogens (tertiary/aromatic N) is 5. The van der Waals surface area contributed by atoms with Gasteiger partial charge in [0.15, 0.2) is 0 Å². The molecule has 2 aromatic heterocycles. The largest absolute Gasteiger partial charge is 0.497 e. The first-order chi connectivity index (χ1) is 15.1. The highest BCUT2D eigenvalue weighted by atomic mass is 16.5. The van der Waals surface area contributed by atoms with Crippen LogP contribution in [-0.2, 0) is 16.8 Å². The van der Waals surface area contributed by atoms with Gasteiger partial charge in [0, 0.05) is 37.6 Å². The van der Waals surface area contributed by atoms with E-state index in [2.05, 4.69) is 20.1 Å². The van der Waals surface area contributed by atoms with Gasteiger partial charge >= 0.3 is 0 Å². The topological polar surface area (TPSA) is 114 Å². The molecule has 1 fully saturated rings. The minimum atomic E-state index is -0.440. The Bertz CT molecular complexity index is 1200. The summed E-state index contributed by atoms with van der Waals surface area (Å²) < 4.78 is 18.8. The lowest BCUT2D eigenvalue weighted by Crippen LogP contribution is -2.12. The molecule has 0 saturated heterocycles. The molecule has 0 radical (unpaired) electrons. The van der Waals surface area contributed by atoms with Crippen molar-refractivity contribution in [1.82, 2.24) is 19.7 Å². The molecule has 1 aromatic carbocycles. The van der Waals surface area contributed by atoms with Crippen molar-refractivity contribution < 1.29 is 14.0 Å². The molecule has 0 spiro atoms. The van der Waals surface area contributed by atoms with Crippen LogP contribution < -0.4 is 10.5 Å². The summed E-state index contributed by atoms with van der Waals surface area (Å²) in [5.74, 6) is 1.68. The minimum absolute atomic E-state index is 0.440. The fourth-order valence-electron chi connectivity index (χ4n) is 4.04. The van der Waals surface area contributed by atoms with Crippen molar-refractivity contribution >= 4 is 11.9 Å². The monoisotopic (exact) mass is 420 g/mol. The molecule has 3 heterocycles. The summed E-state index contributed by atoms with van der Waals surface area (Å²) in [6.45, 7) is 2.56. The van der Waals surface area contributed by atoms with E-state index in [1.54, 1.807) is 26.7 Å². The molecule has 1 aliphatic carbocycles. The first-order valence-corrected chi connectivity index (χ1v) is 10.2. The maximum absolute atomic E-state index is 6.56. The minimum Gasteiger partial charge on any atom is -0.497 e. The van der Waals surface area contributed by atoms with Crippen LogP contribution in [0.15, 0.2) is 39.6 Å². The number of fused-ring (bicyclic) bond motifs is 3. The third-order valence-electron chi connectivity index (χ3n) is 5.76. The smallest absolute Gasteiger partial charge is 0.259 e. The van der Waals surface area contributed by atoms with Gasteiger partial charge in [0.1, 0.15) is 23.4 Å². The number of hydrogen-bond acceptors (Lipinski definition) is 8. The second kappa shape index (κ2) is 7.35. The first kappa shape index (κ1) is 19.5. The molecule has 9 heteroatoms. The van der Waals surface area contributed by atoms with Crippen molar-refractivity contribution in [3.63, 3.8) is 0 Å². The summed E-state index contributed by atoms with van der Waals surface area (Å²) in [5, 5.41) is 4.22. The molecular weight excluding hydrogens is 396 g/mol. The van der Waals surface area contributed by atoms with Crippen molar-refractivity contribution in [2.45, 2.75) is 31.8 Å². The molecule has 3 aromatic rings. The average molecular weight is 420 g/mol. The average Bonchev–Trinajstić information content (AvgIpc) is 3.23. The van der Waals surface area contributed by atoms with Crippen LogP contribution in [0.5, 0.6) is 5.75 Å². The molecule has 0 atom stereocenters. The van der Waals surface area contributed by atoms with Crippen LogP contribution in [0.2, 0.25) is 0 Å². The zero-order chi connectivity index (χ0) is 21.6. The lowest BCUT2D eigenvalue weighted by atomic mass is 10.0. The molecule has 160 valence electrons. The molecule has 1 saturated carbocycles. The highest BCUT2D eigenvalue weighted by Gasteiger charge is 2.51. The summed E-state index contributed by atoms with van der Waals surface area (Å²) >= 11 is 0. The van der Waals surface area contributed by atoms with Gasteiger partial charge in [-0.25, -0.2) is 4.98 Å². The number of benzene rings is 1. The highest BCUT2D eigenvalue weighted by Crippen LogP contribution is 2.48. The Morgan fingerprint density at radius 2 is 2.19 bits per heavy atom. The maximum atomic E-state index is 6.56. The molecule has 1 aliphatic heterocycles. The van der Waals surface area contributed by atoms with Crippen molar-refractivity contribution in [3.8, 4) is 23.0 Å². The highest BCUT2D eigenvalue weighted by molar-refractivity contribution is 5.93. The zero-order valence-corrected chi connectivity index (χ0v) is 17.8. The number of ether oxygens (including phenoxy) is 2. The van der Waals surface area contributed by atoms with Gasteiger partial charge in [-0.3, -0.25) is 4.99 Å².